The van der Waals surface area contributed by atoms with Crippen LogP contribution in [0.25, 0.3) is 0 Å². The predicted octanol–water partition coefficient (Wildman–Crippen LogP) is 1.75. The molecule has 0 aliphatic heterocycles. The third-order valence-electron chi connectivity index (χ3n) is 2.65. The number of amides is 3. The standard InChI is InChI=1S/C13H18ClN3O2S/c1-20-7-6-11(17-13(15)19)12(18)16-8-9-4-2-3-5-10(9)14/h2-5,11H,6-8H2,1H3,(H,16,18)(H3,15,17,19)/t11-/m0/s1. The molecule has 5 nitrogen and oxygen atoms in total. The molecule has 0 radical (unpaired) electrons. The molecule has 1 aromatic rings. The van der Waals surface area contributed by atoms with Gasteiger partial charge in [0.15, 0.2) is 0 Å². The summed E-state index contributed by atoms with van der Waals surface area (Å²) in [6.45, 7) is 0.314. The highest BCUT2D eigenvalue weighted by Gasteiger charge is 2.19. The molecule has 1 rings (SSSR count). The Morgan fingerprint density at radius 2 is 2.10 bits per heavy atom. The number of halogens is 1. The zero-order valence-electron chi connectivity index (χ0n) is 11.2. The van der Waals surface area contributed by atoms with Gasteiger partial charge in [0, 0.05) is 11.6 Å². The van der Waals surface area contributed by atoms with Gasteiger partial charge in [0.1, 0.15) is 6.04 Å². The van der Waals surface area contributed by atoms with Crippen LogP contribution in [0.2, 0.25) is 5.02 Å². The molecule has 110 valence electrons. The largest absolute Gasteiger partial charge is 0.352 e. The Hall–Kier alpha value is -1.40. The van der Waals surface area contributed by atoms with Crippen molar-refractivity contribution in [1.29, 1.82) is 0 Å². The minimum absolute atomic E-state index is 0.266. The number of nitrogens with two attached hydrogens (primary N) is 1. The Kier molecular flexibility index (Phi) is 7.25. The van der Waals surface area contributed by atoms with Crippen LogP contribution in [-0.4, -0.2) is 30.0 Å². The lowest BCUT2D eigenvalue weighted by Gasteiger charge is -2.17. The first kappa shape index (κ1) is 16.7. The van der Waals surface area contributed by atoms with Crippen LogP contribution in [0.3, 0.4) is 0 Å². The van der Waals surface area contributed by atoms with Crippen LogP contribution in [0.15, 0.2) is 24.3 Å². The van der Waals surface area contributed by atoms with Crippen molar-refractivity contribution in [2.45, 2.75) is 19.0 Å². The van der Waals surface area contributed by atoms with E-state index in [1.807, 2.05) is 24.5 Å². The average molecular weight is 316 g/mol. The summed E-state index contributed by atoms with van der Waals surface area (Å²) in [5.74, 6) is 0.488. The highest BCUT2D eigenvalue weighted by Crippen LogP contribution is 2.14. The number of urea groups is 1. The maximum absolute atomic E-state index is 12.0. The minimum Gasteiger partial charge on any atom is -0.352 e. The lowest BCUT2D eigenvalue weighted by molar-refractivity contribution is -0.123. The van der Waals surface area contributed by atoms with Gasteiger partial charge in [-0.15, -0.1) is 0 Å². The van der Waals surface area contributed by atoms with Gasteiger partial charge in [-0.1, -0.05) is 29.8 Å². The SMILES string of the molecule is CSCC[C@H](NC(N)=O)C(=O)NCc1ccccc1Cl. The van der Waals surface area contributed by atoms with Gasteiger partial charge in [-0.05, 0) is 30.1 Å². The van der Waals surface area contributed by atoms with Gasteiger partial charge >= 0.3 is 6.03 Å². The molecule has 0 aliphatic rings. The predicted molar refractivity (Wildman–Crippen MR) is 82.8 cm³/mol. The van der Waals surface area contributed by atoms with Crippen molar-refractivity contribution >= 4 is 35.3 Å². The fourth-order valence-corrected chi connectivity index (χ4v) is 2.30. The van der Waals surface area contributed by atoms with Crippen molar-refractivity contribution in [3.05, 3.63) is 34.9 Å². The number of carbonyl (C=O) groups excluding carboxylic acids is 2. The van der Waals surface area contributed by atoms with Gasteiger partial charge in [-0.2, -0.15) is 11.8 Å². The number of benzene rings is 1. The highest BCUT2D eigenvalue weighted by molar-refractivity contribution is 7.98. The molecule has 0 spiro atoms. The third-order valence-corrected chi connectivity index (χ3v) is 3.67. The molecular formula is C13H18ClN3O2S. The summed E-state index contributed by atoms with van der Waals surface area (Å²) >= 11 is 7.61. The van der Waals surface area contributed by atoms with E-state index in [2.05, 4.69) is 10.6 Å². The van der Waals surface area contributed by atoms with Gasteiger partial charge in [0.05, 0.1) is 0 Å². The second-order valence-electron chi connectivity index (χ2n) is 4.15. The maximum Gasteiger partial charge on any atom is 0.312 e. The van der Waals surface area contributed by atoms with Crippen molar-refractivity contribution in [2.75, 3.05) is 12.0 Å². The molecule has 1 atom stereocenters. The number of rotatable bonds is 7. The van der Waals surface area contributed by atoms with Crippen molar-refractivity contribution in [2.24, 2.45) is 5.73 Å². The molecule has 20 heavy (non-hydrogen) atoms. The van der Waals surface area contributed by atoms with Crippen LogP contribution in [0, 0.1) is 0 Å². The summed E-state index contributed by atoms with van der Waals surface area (Å²) in [5.41, 5.74) is 5.90. The van der Waals surface area contributed by atoms with Crippen LogP contribution in [0.1, 0.15) is 12.0 Å². The van der Waals surface area contributed by atoms with Crippen LogP contribution >= 0.6 is 23.4 Å². The van der Waals surface area contributed by atoms with Crippen molar-refractivity contribution in [1.82, 2.24) is 10.6 Å². The van der Waals surface area contributed by atoms with E-state index >= 15 is 0 Å². The van der Waals surface area contributed by atoms with Crippen LogP contribution < -0.4 is 16.4 Å². The van der Waals surface area contributed by atoms with Crippen LogP contribution in [-0.2, 0) is 11.3 Å². The van der Waals surface area contributed by atoms with Crippen molar-refractivity contribution < 1.29 is 9.59 Å². The number of primary amides is 1. The van der Waals surface area contributed by atoms with E-state index in [0.29, 0.717) is 18.0 Å². The number of carbonyl (C=O) groups is 2. The van der Waals surface area contributed by atoms with Crippen LogP contribution in [0.5, 0.6) is 0 Å². The van der Waals surface area contributed by atoms with Crippen molar-refractivity contribution in [3.8, 4) is 0 Å². The number of thioether (sulfide) groups is 1. The van der Waals surface area contributed by atoms with Gasteiger partial charge in [0.25, 0.3) is 0 Å². The van der Waals surface area contributed by atoms with E-state index in [0.717, 1.165) is 11.3 Å². The number of nitrogens with one attached hydrogen (secondary N) is 2. The first-order chi connectivity index (χ1) is 9.54. The maximum atomic E-state index is 12.0. The second kappa shape index (κ2) is 8.71. The molecular weight excluding hydrogens is 298 g/mol. The lowest BCUT2D eigenvalue weighted by Crippen LogP contribution is -2.48. The summed E-state index contributed by atoms with van der Waals surface area (Å²) < 4.78 is 0. The molecule has 3 amide bonds. The Morgan fingerprint density at radius 1 is 1.40 bits per heavy atom. The van der Waals surface area contributed by atoms with E-state index in [9.17, 15) is 9.59 Å². The third kappa shape index (κ3) is 5.71. The van der Waals surface area contributed by atoms with E-state index in [-0.39, 0.29) is 5.91 Å². The Labute approximate surface area is 127 Å². The topological polar surface area (TPSA) is 84.2 Å². The zero-order valence-corrected chi connectivity index (χ0v) is 12.8. The van der Waals surface area contributed by atoms with Crippen molar-refractivity contribution in [3.63, 3.8) is 0 Å². The first-order valence-electron chi connectivity index (χ1n) is 6.10. The van der Waals surface area contributed by atoms with E-state index < -0.39 is 12.1 Å². The normalized spacial score (nSPS) is 11.7. The van der Waals surface area contributed by atoms with Gasteiger partial charge in [-0.25, -0.2) is 4.79 Å². The minimum atomic E-state index is -0.705. The Morgan fingerprint density at radius 3 is 2.70 bits per heavy atom. The summed E-state index contributed by atoms with van der Waals surface area (Å²) in [6, 6.07) is 5.94. The molecule has 1 aromatic carbocycles. The van der Waals surface area contributed by atoms with E-state index in [4.69, 9.17) is 17.3 Å². The second-order valence-corrected chi connectivity index (χ2v) is 5.54. The molecule has 0 bridgehead atoms. The fourth-order valence-electron chi connectivity index (χ4n) is 1.62. The molecule has 0 saturated carbocycles. The van der Waals surface area contributed by atoms with Gasteiger partial charge in [0.2, 0.25) is 5.91 Å². The first-order valence-corrected chi connectivity index (χ1v) is 7.87. The summed E-state index contributed by atoms with van der Waals surface area (Å²) in [5, 5.41) is 5.79. The summed E-state index contributed by atoms with van der Waals surface area (Å²) in [6.07, 6.45) is 2.46. The zero-order chi connectivity index (χ0) is 15.0. The van der Waals surface area contributed by atoms with Gasteiger partial charge in [-0.3, -0.25) is 4.79 Å². The molecule has 0 aliphatic carbocycles. The lowest BCUT2D eigenvalue weighted by atomic mass is 10.2. The molecule has 4 N–H and O–H groups in total. The average Bonchev–Trinajstić information content (AvgIpc) is 2.41. The van der Waals surface area contributed by atoms with Crippen LogP contribution in [0.4, 0.5) is 4.79 Å². The quantitative estimate of drug-likeness (QED) is 0.716. The number of hydrogen-bond acceptors (Lipinski definition) is 3. The molecule has 7 heteroatoms. The highest BCUT2D eigenvalue weighted by atomic mass is 35.5. The molecule has 0 heterocycles. The summed E-state index contributed by atoms with van der Waals surface area (Å²) in [4.78, 5) is 22.9. The smallest absolute Gasteiger partial charge is 0.312 e. The molecule has 0 saturated heterocycles. The van der Waals surface area contributed by atoms with E-state index in [1.165, 1.54) is 0 Å². The Balaban J connectivity index is 2.57. The summed E-state index contributed by atoms with van der Waals surface area (Å²) in [7, 11) is 0. The van der Waals surface area contributed by atoms with Gasteiger partial charge < -0.3 is 16.4 Å². The van der Waals surface area contributed by atoms with E-state index in [1.54, 1.807) is 17.8 Å². The monoisotopic (exact) mass is 315 g/mol. The molecule has 0 unspecified atom stereocenters. The molecule has 0 fully saturated rings. The molecule has 0 aromatic heterocycles. The fraction of sp³-hybridized carbons (Fsp3) is 0.385. The Bertz CT molecular complexity index is 471. The number of hydrogen-bond donors (Lipinski definition) is 3.